The van der Waals surface area contributed by atoms with Gasteiger partial charge in [-0.1, -0.05) is 11.2 Å². The Labute approximate surface area is 162 Å². The minimum Gasteiger partial charge on any atom is -0.355 e. The van der Waals surface area contributed by atoms with Crippen LogP contribution in [0.15, 0.2) is 59.4 Å². The Hall–Kier alpha value is -3.39. The van der Waals surface area contributed by atoms with Gasteiger partial charge in [-0.2, -0.15) is 0 Å². The first kappa shape index (κ1) is 18.0. The Morgan fingerprint density at radius 3 is 2.57 bits per heavy atom. The first-order valence-electron chi connectivity index (χ1n) is 8.26. The summed E-state index contributed by atoms with van der Waals surface area (Å²) in [7, 11) is 0. The molecule has 5 nitrogen and oxygen atoms in total. The third kappa shape index (κ3) is 3.41. The predicted molar refractivity (Wildman–Crippen MR) is 102 cm³/mol. The van der Waals surface area contributed by atoms with Crippen LogP contribution in [0.5, 0.6) is 0 Å². The number of hydrogen-bond donors (Lipinski definition) is 1. The van der Waals surface area contributed by atoms with Gasteiger partial charge in [-0.3, -0.25) is 4.79 Å². The Bertz CT molecular complexity index is 1120. The van der Waals surface area contributed by atoms with Crippen LogP contribution in [0.3, 0.4) is 0 Å². The zero-order valence-electron chi connectivity index (χ0n) is 14.6. The zero-order chi connectivity index (χ0) is 19.7. The molecule has 0 fully saturated rings. The summed E-state index contributed by atoms with van der Waals surface area (Å²) in [5.74, 6) is -1.87. The van der Waals surface area contributed by atoms with E-state index < -0.39 is 23.1 Å². The van der Waals surface area contributed by atoms with Crippen LogP contribution in [0.25, 0.3) is 21.1 Å². The lowest BCUT2D eigenvalue weighted by atomic mass is 10.1. The highest BCUT2D eigenvalue weighted by Gasteiger charge is 2.18. The van der Waals surface area contributed by atoms with Gasteiger partial charge in [-0.05, 0) is 42.8 Å². The molecular weight excluding hydrogens is 384 g/mol. The molecule has 3 heterocycles. The molecule has 8 heteroatoms. The van der Waals surface area contributed by atoms with E-state index in [1.165, 1.54) is 17.4 Å². The minimum absolute atomic E-state index is 0.195. The topological polar surface area (TPSA) is 68.0 Å². The van der Waals surface area contributed by atoms with Crippen molar-refractivity contribution in [3.05, 3.63) is 77.6 Å². The second kappa shape index (κ2) is 7.32. The molecule has 0 saturated carbocycles. The molecule has 0 aliphatic rings. The molecule has 0 bridgehead atoms. The number of halogens is 2. The van der Waals surface area contributed by atoms with Gasteiger partial charge in [-0.15, -0.1) is 11.3 Å². The average Bonchev–Trinajstić information content (AvgIpc) is 3.32. The SMILES string of the molecule is Cc1cc(-c2ccno2)sc1-c1ccc(NC(=O)c2c(F)cccc2F)nc1. The van der Waals surface area contributed by atoms with Crippen LogP contribution in [-0.4, -0.2) is 16.0 Å². The molecule has 0 radical (unpaired) electrons. The fourth-order valence-corrected chi connectivity index (χ4v) is 3.85. The van der Waals surface area contributed by atoms with E-state index in [-0.39, 0.29) is 5.82 Å². The van der Waals surface area contributed by atoms with Gasteiger partial charge in [0.25, 0.3) is 5.91 Å². The van der Waals surface area contributed by atoms with Crippen LogP contribution in [0, 0.1) is 18.6 Å². The van der Waals surface area contributed by atoms with Crippen molar-refractivity contribution >= 4 is 23.1 Å². The van der Waals surface area contributed by atoms with Gasteiger partial charge in [0.15, 0.2) is 5.76 Å². The summed E-state index contributed by atoms with van der Waals surface area (Å²) in [5.41, 5.74) is 1.26. The number of rotatable bonds is 4. The van der Waals surface area contributed by atoms with Crippen molar-refractivity contribution < 1.29 is 18.1 Å². The normalized spacial score (nSPS) is 10.8. The van der Waals surface area contributed by atoms with Crippen LogP contribution < -0.4 is 5.32 Å². The largest absolute Gasteiger partial charge is 0.355 e. The predicted octanol–water partition coefficient (Wildman–Crippen LogP) is 5.30. The van der Waals surface area contributed by atoms with Crippen LogP contribution in [0.1, 0.15) is 15.9 Å². The van der Waals surface area contributed by atoms with Crippen molar-refractivity contribution in [1.82, 2.24) is 10.1 Å². The van der Waals surface area contributed by atoms with Crippen LogP contribution >= 0.6 is 11.3 Å². The third-order valence-electron chi connectivity index (χ3n) is 4.06. The van der Waals surface area contributed by atoms with E-state index in [1.807, 2.05) is 13.0 Å². The second-order valence-electron chi connectivity index (χ2n) is 5.98. The van der Waals surface area contributed by atoms with Crippen molar-refractivity contribution in [2.45, 2.75) is 6.92 Å². The molecule has 28 heavy (non-hydrogen) atoms. The lowest BCUT2D eigenvalue weighted by Gasteiger charge is -2.07. The highest BCUT2D eigenvalue weighted by Crippen LogP contribution is 2.37. The van der Waals surface area contributed by atoms with Gasteiger partial charge < -0.3 is 9.84 Å². The molecule has 0 unspecified atom stereocenters. The van der Waals surface area contributed by atoms with E-state index in [0.717, 1.165) is 33.0 Å². The molecule has 140 valence electrons. The summed E-state index contributed by atoms with van der Waals surface area (Å²) in [6.07, 6.45) is 3.18. The summed E-state index contributed by atoms with van der Waals surface area (Å²) >= 11 is 1.53. The highest BCUT2D eigenvalue weighted by molar-refractivity contribution is 7.19. The smallest absolute Gasteiger partial charge is 0.262 e. The second-order valence-corrected chi connectivity index (χ2v) is 7.03. The maximum atomic E-state index is 13.7. The van der Waals surface area contributed by atoms with E-state index in [4.69, 9.17) is 4.52 Å². The number of aryl methyl sites for hydroxylation is 1. The summed E-state index contributed by atoms with van der Waals surface area (Å²) in [4.78, 5) is 18.3. The maximum Gasteiger partial charge on any atom is 0.262 e. The van der Waals surface area contributed by atoms with E-state index in [1.54, 1.807) is 30.6 Å². The molecule has 1 N–H and O–H groups in total. The summed E-state index contributed by atoms with van der Waals surface area (Å²) in [5, 5.41) is 6.12. The maximum absolute atomic E-state index is 13.7. The lowest BCUT2D eigenvalue weighted by Crippen LogP contribution is -2.16. The van der Waals surface area contributed by atoms with Crippen LogP contribution in [-0.2, 0) is 0 Å². The van der Waals surface area contributed by atoms with E-state index >= 15 is 0 Å². The Kier molecular flexibility index (Phi) is 4.70. The van der Waals surface area contributed by atoms with Gasteiger partial charge in [0, 0.05) is 22.7 Å². The minimum atomic E-state index is -0.928. The molecule has 0 aliphatic carbocycles. The average molecular weight is 397 g/mol. The monoisotopic (exact) mass is 397 g/mol. The number of hydrogen-bond acceptors (Lipinski definition) is 5. The van der Waals surface area contributed by atoms with Gasteiger partial charge >= 0.3 is 0 Å². The quantitative estimate of drug-likeness (QED) is 0.507. The lowest BCUT2D eigenvalue weighted by molar-refractivity contribution is 0.101. The molecule has 0 saturated heterocycles. The number of amides is 1. The molecular formula is C20H13F2N3O2S. The molecule has 1 amide bonds. The third-order valence-corrected chi connectivity index (χ3v) is 5.36. The number of anilines is 1. The molecule has 4 aromatic rings. The Morgan fingerprint density at radius 1 is 1.14 bits per heavy atom. The summed E-state index contributed by atoms with van der Waals surface area (Å²) < 4.78 is 32.6. The van der Waals surface area contributed by atoms with Crippen LogP contribution in [0.4, 0.5) is 14.6 Å². The van der Waals surface area contributed by atoms with E-state index in [9.17, 15) is 13.6 Å². The van der Waals surface area contributed by atoms with Gasteiger partial charge in [0.05, 0.1) is 11.1 Å². The fourth-order valence-electron chi connectivity index (χ4n) is 2.73. The number of carbonyl (C=O) groups is 1. The number of benzene rings is 1. The van der Waals surface area contributed by atoms with Crippen molar-refractivity contribution in [3.63, 3.8) is 0 Å². The summed E-state index contributed by atoms with van der Waals surface area (Å²) in [6, 6.07) is 10.4. The molecule has 0 spiro atoms. The Morgan fingerprint density at radius 2 is 1.93 bits per heavy atom. The van der Waals surface area contributed by atoms with Crippen molar-refractivity contribution in [2.24, 2.45) is 0 Å². The first-order valence-corrected chi connectivity index (χ1v) is 9.08. The standard InChI is InChI=1S/C20H13F2N3O2S/c1-11-9-16(15-7-8-24-27-15)28-19(11)12-5-6-17(23-10-12)25-20(26)18-13(21)3-2-4-14(18)22/h2-10H,1H3,(H,23,25,26). The number of pyridine rings is 1. The summed E-state index contributed by atoms with van der Waals surface area (Å²) in [6.45, 7) is 1.97. The van der Waals surface area contributed by atoms with Crippen molar-refractivity contribution in [1.29, 1.82) is 0 Å². The molecule has 3 aromatic heterocycles. The number of aromatic nitrogens is 2. The number of carbonyl (C=O) groups excluding carboxylic acids is 1. The van der Waals surface area contributed by atoms with E-state index in [0.29, 0.717) is 5.76 Å². The molecule has 0 atom stereocenters. The number of thiophene rings is 1. The Balaban J connectivity index is 1.56. The highest BCUT2D eigenvalue weighted by atomic mass is 32.1. The van der Waals surface area contributed by atoms with Gasteiger partial charge in [0.2, 0.25) is 0 Å². The van der Waals surface area contributed by atoms with Crippen molar-refractivity contribution in [3.8, 4) is 21.1 Å². The number of nitrogens with zero attached hydrogens (tertiary/aromatic N) is 2. The van der Waals surface area contributed by atoms with E-state index in [2.05, 4.69) is 15.5 Å². The zero-order valence-corrected chi connectivity index (χ0v) is 15.4. The molecule has 0 aliphatic heterocycles. The van der Waals surface area contributed by atoms with Crippen molar-refractivity contribution in [2.75, 3.05) is 5.32 Å². The van der Waals surface area contributed by atoms with Gasteiger partial charge in [0.1, 0.15) is 23.0 Å². The number of nitrogens with one attached hydrogen (secondary N) is 1. The van der Waals surface area contributed by atoms with Crippen LogP contribution in [0.2, 0.25) is 0 Å². The first-order chi connectivity index (χ1) is 13.5. The molecule has 1 aromatic carbocycles. The fraction of sp³-hybridized carbons (Fsp3) is 0.0500. The van der Waals surface area contributed by atoms with Gasteiger partial charge in [-0.25, -0.2) is 13.8 Å². The molecule has 4 rings (SSSR count).